The van der Waals surface area contributed by atoms with Gasteiger partial charge in [0.15, 0.2) is 29.3 Å². The summed E-state index contributed by atoms with van der Waals surface area (Å²) in [5.74, 6) is 11.6. The number of hydrogen-bond acceptors (Lipinski definition) is 10. The van der Waals surface area contributed by atoms with Crippen molar-refractivity contribution in [2.45, 2.75) is 172 Å². The second-order valence-electron chi connectivity index (χ2n) is 23.9. The minimum atomic E-state index is -0.843. The molecule has 0 saturated heterocycles. The number of nitrogens with one attached hydrogen (secondary N) is 3. The number of anilines is 1. The van der Waals surface area contributed by atoms with Crippen LogP contribution in [0, 0.1) is 82.7 Å². The molecule has 2 heterocycles. The van der Waals surface area contributed by atoms with Crippen LogP contribution in [0.1, 0.15) is 153 Å². The summed E-state index contributed by atoms with van der Waals surface area (Å²) in [6.45, 7) is 3.12. The van der Waals surface area contributed by atoms with Gasteiger partial charge in [-0.3, -0.25) is 15.1 Å². The number of carbonyl (C=O) groups excluding carboxylic acids is 1. The zero-order chi connectivity index (χ0) is 51.5. The number of aliphatic hydroxyl groups excluding tert-OH is 2. The minimum absolute atomic E-state index is 0.0123. The van der Waals surface area contributed by atoms with Crippen molar-refractivity contribution in [1.29, 1.82) is 0 Å². The molecular formula is C62H84N4O8. The highest BCUT2D eigenvalue weighted by atomic mass is 16.6. The van der Waals surface area contributed by atoms with Crippen molar-refractivity contribution in [3.05, 3.63) is 53.6 Å². The maximum atomic E-state index is 15.8. The Morgan fingerprint density at radius 2 is 1.85 bits per heavy atom. The van der Waals surface area contributed by atoms with Crippen LogP contribution in [0.3, 0.4) is 0 Å². The molecule has 0 radical (unpaired) electrons. The summed E-state index contributed by atoms with van der Waals surface area (Å²) in [7, 11) is 5.31. The molecule has 2 aliphatic heterocycles. The number of allylic oxidation sites excluding steroid dienone is 2. The largest absolute Gasteiger partial charge is 0.504 e. The molecule has 0 aromatic heterocycles. The van der Waals surface area contributed by atoms with E-state index in [2.05, 4.69) is 65.1 Å². The molecule has 8 aliphatic rings. The van der Waals surface area contributed by atoms with Gasteiger partial charge in [-0.25, -0.2) is 0 Å². The Labute approximate surface area is 441 Å². The first kappa shape index (κ1) is 52.7. The molecule has 2 aromatic carbocycles. The van der Waals surface area contributed by atoms with Crippen LogP contribution in [0.15, 0.2) is 47.5 Å². The highest BCUT2D eigenvalue weighted by Gasteiger charge is 2.61. The van der Waals surface area contributed by atoms with Gasteiger partial charge in [-0.15, -0.1) is 0 Å². The SMILES string of the molecule is CC[C@@H]1CC[C@@H]2[C@@H](CCCO)[C@H]3CCC[C@]34c3cc(c5c(c3)O[C@@]3(CNC)C[C@@H](C[C@H](O)OC6CCCC6)[C@@H](CC#CO5)C3)NC(=NC)NC#CC[C@@H]3CCC[C@@]3(Cc3ccc(O)c(OC)c3)C(=O)/C=C/[C@@H]4[C@H]2C1. The number of benzene rings is 2. The number of rotatable bonds is 13. The van der Waals surface area contributed by atoms with Gasteiger partial charge in [-0.1, -0.05) is 69.4 Å². The monoisotopic (exact) mass is 1010 g/mol. The number of aliphatic imine (C=N–C) groups is 1. The standard InChI is InChI=1S/C62H84N4O8/c1-5-40-20-22-47-48(18-11-29-67)50-19-9-27-62(50)45-34-52(58-55(35-45)74-60(39-63-2)37-42(13-12-30-72-58)43(38-60)33-57(70)73-46-16-6-7-17-46)66-59(64-3)65-28-10-15-44-14-8-26-61(44,56(69)25-23-51(62)49(47)31-40)36-41-21-24-53(68)54(32-41)71-4/h21,23-25,32,34-35,40,42-44,46-51,57,63,67-68,70H,5-9,11,13-20,22,26-27,29,31,33,36-39H2,1-4H3,(H2,64,65,66)/b25-23+/t40-,42+,43-,44+,47-,48-,49+,50-,51-,57-,60-,61+,62+/m1/s1. The summed E-state index contributed by atoms with van der Waals surface area (Å²) in [4.78, 5) is 20.5. The van der Waals surface area contributed by atoms with Crippen molar-refractivity contribution < 1.29 is 39.1 Å². The number of aliphatic hydroxyl groups is 2. The average molecular weight is 1010 g/mol. The molecule has 6 N–H and O–H groups in total. The van der Waals surface area contributed by atoms with Crippen molar-refractivity contribution in [3.8, 4) is 47.0 Å². The van der Waals surface area contributed by atoms with Crippen molar-refractivity contribution >= 4 is 17.4 Å². The number of carbonyl (C=O) groups is 1. The lowest BCUT2D eigenvalue weighted by Crippen LogP contribution is -2.55. The summed E-state index contributed by atoms with van der Waals surface area (Å²) in [5, 5.41) is 43.0. The number of aromatic hydroxyl groups is 1. The van der Waals surface area contributed by atoms with Crippen LogP contribution in [0.2, 0.25) is 0 Å². The smallest absolute Gasteiger partial charge is 0.207 e. The van der Waals surface area contributed by atoms with E-state index in [0.29, 0.717) is 90.7 Å². The summed E-state index contributed by atoms with van der Waals surface area (Å²) in [5.41, 5.74) is 1.14. The quantitative estimate of drug-likeness (QED) is 0.0837. The second kappa shape index (κ2) is 22.9. The molecule has 10 rings (SSSR count). The zero-order valence-electron chi connectivity index (χ0n) is 44.7. The second-order valence-corrected chi connectivity index (χ2v) is 23.9. The fourth-order valence-electron chi connectivity index (χ4n) is 16.8. The number of likely N-dealkylation sites (N-methyl/N-ethyl adjacent to an activating group) is 1. The molecule has 6 fully saturated rings. The van der Waals surface area contributed by atoms with Gasteiger partial charge in [0, 0.05) is 56.3 Å². The van der Waals surface area contributed by atoms with Crippen molar-refractivity contribution in [2.75, 3.05) is 39.7 Å². The third kappa shape index (κ3) is 10.3. The summed E-state index contributed by atoms with van der Waals surface area (Å²) < 4.78 is 26.1. The number of ether oxygens (including phenoxy) is 4. The van der Waals surface area contributed by atoms with Gasteiger partial charge >= 0.3 is 0 Å². The van der Waals surface area contributed by atoms with Crippen LogP contribution in [-0.4, -0.2) is 79.4 Å². The predicted molar refractivity (Wildman–Crippen MR) is 289 cm³/mol. The van der Waals surface area contributed by atoms with Crippen molar-refractivity contribution in [3.63, 3.8) is 0 Å². The topological polar surface area (TPSA) is 163 Å². The highest BCUT2D eigenvalue weighted by Crippen LogP contribution is 2.67. The molecule has 2 aromatic rings. The van der Waals surface area contributed by atoms with Gasteiger partial charge in [0.1, 0.15) is 11.7 Å². The number of phenolic OH excluding ortho intramolecular Hbond substituents is 1. The van der Waals surface area contributed by atoms with Crippen LogP contribution in [0.25, 0.3) is 0 Å². The minimum Gasteiger partial charge on any atom is -0.504 e. The molecule has 6 aliphatic carbocycles. The number of guanidine groups is 1. The van der Waals surface area contributed by atoms with Crippen LogP contribution >= 0.6 is 0 Å². The number of hydrogen-bond donors (Lipinski definition) is 6. The molecule has 0 amide bonds. The van der Waals surface area contributed by atoms with E-state index in [9.17, 15) is 15.3 Å². The van der Waals surface area contributed by atoms with E-state index >= 15 is 4.79 Å². The molecule has 74 heavy (non-hydrogen) atoms. The molecule has 4 bridgehead atoms. The van der Waals surface area contributed by atoms with E-state index in [-0.39, 0.29) is 53.3 Å². The van der Waals surface area contributed by atoms with Gasteiger partial charge < -0.3 is 44.9 Å². The van der Waals surface area contributed by atoms with Crippen LogP contribution in [0.4, 0.5) is 5.69 Å². The van der Waals surface area contributed by atoms with E-state index in [4.69, 9.17) is 23.9 Å². The summed E-state index contributed by atoms with van der Waals surface area (Å²) in [6.07, 6.45) is 26.8. The van der Waals surface area contributed by atoms with E-state index < -0.39 is 17.3 Å². The number of nitrogens with zero attached hydrogens (tertiary/aromatic N) is 1. The third-order valence-electron chi connectivity index (χ3n) is 20.1. The summed E-state index contributed by atoms with van der Waals surface area (Å²) in [6, 6.07) is 13.3. The van der Waals surface area contributed by atoms with Gasteiger partial charge in [-0.05, 0) is 185 Å². The lowest BCUT2D eigenvalue weighted by molar-refractivity contribution is -0.145. The van der Waals surface area contributed by atoms with Crippen LogP contribution < -0.4 is 30.2 Å². The maximum Gasteiger partial charge on any atom is 0.207 e. The Balaban J connectivity index is 1.13. The molecule has 13 atom stereocenters. The lowest BCUT2D eigenvalue weighted by atomic mass is 9.45. The van der Waals surface area contributed by atoms with Crippen LogP contribution in [0.5, 0.6) is 23.0 Å². The number of phenols is 1. The van der Waals surface area contributed by atoms with Gasteiger partial charge in [0.05, 0.1) is 18.9 Å². The first-order valence-corrected chi connectivity index (χ1v) is 28.7. The van der Waals surface area contributed by atoms with Gasteiger partial charge in [0.25, 0.3) is 0 Å². The fraction of sp³-hybridized carbons (Fsp3) is 0.677. The average Bonchev–Trinajstić information content (AvgIpc) is 4.25. The van der Waals surface area contributed by atoms with E-state index in [1.54, 1.807) is 20.2 Å². The summed E-state index contributed by atoms with van der Waals surface area (Å²) >= 11 is 0. The Morgan fingerprint density at radius 3 is 2.65 bits per heavy atom. The van der Waals surface area contributed by atoms with E-state index in [0.717, 1.165) is 108 Å². The molecule has 12 nitrogen and oxygen atoms in total. The van der Waals surface area contributed by atoms with E-state index in [1.165, 1.54) is 18.4 Å². The Morgan fingerprint density at radius 1 is 1.00 bits per heavy atom. The molecule has 1 spiro atoms. The molecule has 12 heteroatoms. The van der Waals surface area contributed by atoms with Gasteiger partial charge in [-0.2, -0.15) is 0 Å². The van der Waals surface area contributed by atoms with Gasteiger partial charge in [0.2, 0.25) is 11.7 Å². The first-order valence-electron chi connectivity index (χ1n) is 28.7. The zero-order valence-corrected chi connectivity index (χ0v) is 44.7. The van der Waals surface area contributed by atoms with Crippen molar-refractivity contribution in [2.24, 2.45) is 63.7 Å². The maximum absolute atomic E-state index is 15.8. The fourth-order valence-corrected chi connectivity index (χ4v) is 16.8. The first-order chi connectivity index (χ1) is 36.0. The Kier molecular flexibility index (Phi) is 16.3. The molecule has 400 valence electrons. The molecular weight excluding hydrogens is 929 g/mol. The Hall–Kier alpha value is -4.72. The third-order valence-corrected chi connectivity index (χ3v) is 20.1. The molecule has 0 unspecified atom stereocenters. The number of fused-ring (bicyclic) bond motifs is 9. The molecule has 6 saturated carbocycles. The number of methoxy groups -OCH3 is 1. The normalized spacial score (nSPS) is 35.8. The van der Waals surface area contributed by atoms with E-state index in [1.807, 2.05) is 25.3 Å². The van der Waals surface area contributed by atoms with Crippen molar-refractivity contribution in [1.82, 2.24) is 10.6 Å². The number of ketones is 1. The lowest BCUT2D eigenvalue weighted by Gasteiger charge is -2.59. The predicted octanol–water partition coefficient (Wildman–Crippen LogP) is 10.2. The Bertz CT molecular complexity index is 2520. The van der Waals surface area contributed by atoms with Crippen LogP contribution in [-0.2, 0) is 21.4 Å². The highest BCUT2D eigenvalue weighted by molar-refractivity contribution is 5.97.